The molecule has 18 heavy (non-hydrogen) atoms. The third-order valence-corrected chi connectivity index (χ3v) is 3.19. The third kappa shape index (κ3) is 2.72. The highest BCUT2D eigenvalue weighted by atomic mass is 32.2. The second-order valence-electron chi connectivity index (χ2n) is 3.85. The van der Waals surface area contributed by atoms with Gasteiger partial charge in [-0.2, -0.15) is 13.2 Å². The molecule has 1 fully saturated rings. The number of halogens is 3. The summed E-state index contributed by atoms with van der Waals surface area (Å²) in [6.45, 7) is 0. The number of nitrogens with two attached hydrogens (primary N) is 1. The lowest BCUT2D eigenvalue weighted by Crippen LogP contribution is -2.19. The van der Waals surface area contributed by atoms with Crippen LogP contribution in [0.4, 0.5) is 13.2 Å². The van der Waals surface area contributed by atoms with Crippen molar-refractivity contribution >= 4 is 10.0 Å². The molecule has 0 aromatic carbocycles. The van der Waals surface area contributed by atoms with Crippen LogP contribution in [0, 0.1) is 0 Å². The molecular weight excluding hydrogens is 273 g/mol. The average molecular weight is 282 g/mol. The van der Waals surface area contributed by atoms with E-state index in [1.54, 1.807) is 0 Å². The summed E-state index contributed by atoms with van der Waals surface area (Å²) in [5.41, 5.74) is -1.37. The third-order valence-electron chi connectivity index (χ3n) is 2.25. The number of hydrogen-bond donors (Lipinski definition) is 1. The molecule has 0 spiro atoms. The van der Waals surface area contributed by atoms with E-state index < -0.39 is 38.6 Å². The number of ether oxygens (including phenoxy) is 1. The molecule has 2 rings (SSSR count). The highest BCUT2D eigenvalue weighted by Crippen LogP contribution is 2.40. The first-order valence-corrected chi connectivity index (χ1v) is 6.50. The Hall–Kier alpha value is -1.35. The molecule has 1 aliphatic rings. The minimum absolute atomic E-state index is 0.407. The van der Waals surface area contributed by atoms with E-state index in [4.69, 9.17) is 9.88 Å². The number of rotatable bonds is 3. The molecule has 0 atom stereocenters. The van der Waals surface area contributed by atoms with Gasteiger partial charge in [-0.25, -0.2) is 18.5 Å². The first-order valence-electron chi connectivity index (χ1n) is 4.95. The van der Waals surface area contributed by atoms with Crippen LogP contribution >= 0.6 is 0 Å². The highest BCUT2D eigenvalue weighted by molar-refractivity contribution is 7.89. The summed E-state index contributed by atoms with van der Waals surface area (Å²) >= 11 is 0. The lowest BCUT2D eigenvalue weighted by molar-refractivity contribution is -0.142. The zero-order valence-electron chi connectivity index (χ0n) is 8.94. The Bertz CT molecular complexity index is 567. The maximum Gasteiger partial charge on any atom is 0.437 e. The minimum atomic E-state index is -4.80. The molecule has 9 heteroatoms. The molecule has 0 amide bonds. The fourth-order valence-electron chi connectivity index (χ4n) is 1.32. The van der Waals surface area contributed by atoms with Gasteiger partial charge >= 0.3 is 6.18 Å². The first-order chi connectivity index (χ1) is 8.19. The van der Waals surface area contributed by atoms with Crippen LogP contribution in [0.15, 0.2) is 17.2 Å². The van der Waals surface area contributed by atoms with Gasteiger partial charge in [0.15, 0.2) is 11.4 Å². The summed E-state index contributed by atoms with van der Waals surface area (Å²) < 4.78 is 65.6. The number of pyridine rings is 1. The van der Waals surface area contributed by atoms with Crippen LogP contribution < -0.4 is 9.88 Å². The van der Waals surface area contributed by atoms with Crippen molar-refractivity contribution in [2.75, 3.05) is 0 Å². The maximum absolute atomic E-state index is 12.7. The Labute approximate surface area is 101 Å². The molecule has 1 aliphatic carbocycles. The molecule has 1 aromatic rings. The van der Waals surface area contributed by atoms with Crippen molar-refractivity contribution in [1.82, 2.24) is 4.98 Å². The van der Waals surface area contributed by atoms with Crippen LogP contribution in [0.25, 0.3) is 0 Å². The van der Waals surface area contributed by atoms with Gasteiger partial charge in [-0.1, -0.05) is 0 Å². The molecule has 0 saturated heterocycles. The molecule has 0 radical (unpaired) electrons. The quantitative estimate of drug-likeness (QED) is 0.905. The van der Waals surface area contributed by atoms with E-state index >= 15 is 0 Å². The smallest absolute Gasteiger partial charge is 0.437 e. The number of alkyl halides is 3. The Morgan fingerprint density at radius 1 is 1.39 bits per heavy atom. The van der Waals surface area contributed by atoms with Gasteiger partial charge in [0.25, 0.3) is 0 Å². The summed E-state index contributed by atoms with van der Waals surface area (Å²) in [6.07, 6.45) is -3.31. The predicted molar refractivity (Wildman–Crippen MR) is 54.3 cm³/mol. The Morgan fingerprint density at radius 2 is 2.00 bits per heavy atom. The molecule has 0 unspecified atom stereocenters. The van der Waals surface area contributed by atoms with E-state index in [9.17, 15) is 21.6 Å². The largest absolute Gasteiger partial charge is 0.487 e. The lowest BCUT2D eigenvalue weighted by atomic mass is 10.3. The Kier molecular flexibility index (Phi) is 2.98. The van der Waals surface area contributed by atoms with Crippen molar-refractivity contribution in [2.24, 2.45) is 5.14 Å². The molecule has 100 valence electrons. The van der Waals surface area contributed by atoms with E-state index in [0.717, 1.165) is 12.3 Å². The summed E-state index contributed by atoms with van der Waals surface area (Å²) in [6, 6.07) is 0.891. The summed E-state index contributed by atoms with van der Waals surface area (Å²) in [5, 5.41) is 4.86. The van der Waals surface area contributed by atoms with Crippen LogP contribution in [0.2, 0.25) is 0 Å². The molecule has 1 aromatic heterocycles. The van der Waals surface area contributed by atoms with Gasteiger partial charge in [-0.3, -0.25) is 0 Å². The molecule has 5 nitrogen and oxygen atoms in total. The van der Waals surface area contributed by atoms with Gasteiger partial charge in [0, 0.05) is 6.20 Å². The van der Waals surface area contributed by atoms with Crippen molar-refractivity contribution in [2.45, 2.75) is 30.0 Å². The predicted octanol–water partition coefficient (Wildman–Crippen LogP) is 1.29. The second-order valence-corrected chi connectivity index (χ2v) is 5.38. The normalized spacial score (nSPS) is 16.7. The van der Waals surface area contributed by atoms with Gasteiger partial charge < -0.3 is 4.74 Å². The topological polar surface area (TPSA) is 82.3 Å². The number of sulfonamides is 1. The Balaban J connectivity index is 2.59. The standard InChI is InChI=1S/C9H9F3N2O3S/c10-9(11,12)8-7(17-5-1-2-5)6(3-4-14-8)18(13,15)16/h3-5H,1-2H2,(H2,13,15,16). The molecule has 1 heterocycles. The fraction of sp³-hybridized carbons (Fsp3) is 0.444. The van der Waals surface area contributed by atoms with Crippen molar-refractivity contribution in [3.05, 3.63) is 18.0 Å². The van der Waals surface area contributed by atoms with Crippen LogP contribution in [0.3, 0.4) is 0 Å². The van der Waals surface area contributed by atoms with Crippen molar-refractivity contribution in [1.29, 1.82) is 0 Å². The average Bonchev–Trinajstić information content (AvgIpc) is 2.98. The van der Waals surface area contributed by atoms with Crippen molar-refractivity contribution in [3.8, 4) is 5.75 Å². The van der Waals surface area contributed by atoms with Crippen LogP contribution in [-0.2, 0) is 16.2 Å². The Morgan fingerprint density at radius 3 is 2.44 bits per heavy atom. The van der Waals surface area contributed by atoms with E-state index in [0.29, 0.717) is 12.8 Å². The van der Waals surface area contributed by atoms with Gasteiger partial charge in [-0.15, -0.1) is 0 Å². The molecule has 2 N–H and O–H groups in total. The van der Waals surface area contributed by atoms with E-state index in [1.807, 2.05) is 0 Å². The molecule has 1 saturated carbocycles. The number of nitrogens with zero attached hydrogens (tertiary/aromatic N) is 1. The maximum atomic E-state index is 12.7. The van der Waals surface area contributed by atoms with Gasteiger partial charge in [0.2, 0.25) is 10.0 Å². The van der Waals surface area contributed by atoms with Crippen molar-refractivity contribution < 1.29 is 26.3 Å². The highest BCUT2D eigenvalue weighted by Gasteiger charge is 2.40. The van der Waals surface area contributed by atoms with E-state index in [1.165, 1.54) is 0 Å². The van der Waals surface area contributed by atoms with Crippen LogP contribution in [-0.4, -0.2) is 19.5 Å². The monoisotopic (exact) mass is 282 g/mol. The lowest BCUT2D eigenvalue weighted by Gasteiger charge is -2.15. The van der Waals surface area contributed by atoms with E-state index in [2.05, 4.69) is 4.98 Å². The minimum Gasteiger partial charge on any atom is -0.487 e. The number of hydrogen-bond acceptors (Lipinski definition) is 4. The number of primary sulfonamides is 1. The molecular formula is C9H9F3N2O3S. The number of aromatic nitrogens is 1. The van der Waals surface area contributed by atoms with Gasteiger partial charge in [-0.05, 0) is 18.9 Å². The summed E-state index contributed by atoms with van der Waals surface area (Å²) in [7, 11) is -4.30. The van der Waals surface area contributed by atoms with Gasteiger partial charge in [0.05, 0.1) is 6.10 Å². The van der Waals surface area contributed by atoms with Crippen LogP contribution in [0.5, 0.6) is 5.75 Å². The van der Waals surface area contributed by atoms with Crippen LogP contribution in [0.1, 0.15) is 18.5 Å². The fourth-order valence-corrected chi connectivity index (χ4v) is 1.98. The van der Waals surface area contributed by atoms with Gasteiger partial charge in [0.1, 0.15) is 4.90 Å². The molecule has 0 bridgehead atoms. The first kappa shape index (κ1) is 13.1. The SMILES string of the molecule is NS(=O)(=O)c1ccnc(C(F)(F)F)c1OC1CC1. The zero-order chi connectivity index (χ0) is 13.6. The second kappa shape index (κ2) is 4.09. The van der Waals surface area contributed by atoms with E-state index in [-0.39, 0.29) is 0 Å². The summed E-state index contributed by atoms with van der Waals surface area (Å²) in [5.74, 6) is -0.810. The molecule has 0 aliphatic heterocycles. The van der Waals surface area contributed by atoms with Crippen molar-refractivity contribution in [3.63, 3.8) is 0 Å². The zero-order valence-corrected chi connectivity index (χ0v) is 9.75. The summed E-state index contributed by atoms with van der Waals surface area (Å²) in [4.78, 5) is 2.44.